The third-order valence-electron chi connectivity index (χ3n) is 10.6. The van der Waals surface area contributed by atoms with Crippen LogP contribution in [0.25, 0.3) is 71.6 Å². The van der Waals surface area contributed by atoms with Crippen LogP contribution < -0.4 is 4.90 Å². The first-order valence-corrected chi connectivity index (χ1v) is 18.5. The molecule has 1 aromatic heterocycles. The van der Waals surface area contributed by atoms with Crippen molar-refractivity contribution < 1.29 is 0 Å². The molecule has 0 aliphatic rings. The van der Waals surface area contributed by atoms with Crippen LogP contribution in [0, 0.1) is 0 Å². The zero-order chi connectivity index (χ0) is 35.8. The SMILES string of the molecule is c1ccc(-c2ccccc2N(c2ccc(-c3ccccc3-n3c4ccccc4c4ccccc43)cc2)c2ccc(-c3cccc4ccccc34)cc2)cc1. The van der Waals surface area contributed by atoms with Gasteiger partial charge in [0.1, 0.15) is 0 Å². The third kappa shape index (κ3) is 5.44. The first-order valence-electron chi connectivity index (χ1n) is 18.5. The third-order valence-corrected chi connectivity index (χ3v) is 10.6. The maximum atomic E-state index is 2.41. The van der Waals surface area contributed by atoms with E-state index in [9.17, 15) is 0 Å². The van der Waals surface area contributed by atoms with Crippen molar-refractivity contribution in [2.45, 2.75) is 0 Å². The van der Waals surface area contributed by atoms with Gasteiger partial charge in [-0.3, -0.25) is 0 Å². The Balaban J connectivity index is 1.10. The maximum absolute atomic E-state index is 2.41. The van der Waals surface area contributed by atoms with Crippen molar-refractivity contribution in [1.29, 1.82) is 0 Å². The van der Waals surface area contributed by atoms with Gasteiger partial charge in [-0.05, 0) is 81.6 Å². The van der Waals surface area contributed by atoms with Crippen molar-refractivity contribution >= 4 is 49.6 Å². The van der Waals surface area contributed by atoms with Crippen LogP contribution in [0.1, 0.15) is 0 Å². The normalized spacial score (nSPS) is 11.3. The number of para-hydroxylation sites is 4. The Morgan fingerprint density at radius 2 is 0.759 bits per heavy atom. The van der Waals surface area contributed by atoms with Gasteiger partial charge < -0.3 is 9.47 Å². The van der Waals surface area contributed by atoms with Crippen LogP contribution in [-0.4, -0.2) is 4.57 Å². The second-order valence-electron chi connectivity index (χ2n) is 13.7. The summed E-state index contributed by atoms with van der Waals surface area (Å²) in [6, 6.07) is 78.8. The highest BCUT2D eigenvalue weighted by Crippen LogP contribution is 2.43. The van der Waals surface area contributed by atoms with Gasteiger partial charge in [0.2, 0.25) is 0 Å². The Morgan fingerprint density at radius 3 is 1.44 bits per heavy atom. The molecule has 254 valence electrons. The molecular formula is C52H36N2. The van der Waals surface area contributed by atoms with E-state index in [0.29, 0.717) is 0 Å². The topological polar surface area (TPSA) is 8.17 Å². The second kappa shape index (κ2) is 13.4. The Bertz CT molecular complexity index is 2860. The van der Waals surface area contributed by atoms with Crippen molar-refractivity contribution in [3.8, 4) is 39.1 Å². The summed E-state index contributed by atoms with van der Waals surface area (Å²) in [6.45, 7) is 0. The molecule has 54 heavy (non-hydrogen) atoms. The molecule has 0 bridgehead atoms. The number of hydrogen-bond acceptors (Lipinski definition) is 1. The number of benzene rings is 9. The lowest BCUT2D eigenvalue weighted by Gasteiger charge is -2.28. The first-order chi connectivity index (χ1) is 26.8. The average Bonchev–Trinajstić information content (AvgIpc) is 3.59. The number of fused-ring (bicyclic) bond motifs is 4. The van der Waals surface area contributed by atoms with Gasteiger partial charge in [-0.2, -0.15) is 0 Å². The number of aromatic nitrogens is 1. The lowest BCUT2D eigenvalue weighted by Crippen LogP contribution is -2.11. The minimum absolute atomic E-state index is 1.09. The zero-order valence-corrected chi connectivity index (χ0v) is 29.7. The first kappa shape index (κ1) is 31.6. The summed E-state index contributed by atoms with van der Waals surface area (Å²) in [5, 5.41) is 5.03. The van der Waals surface area contributed by atoms with Crippen molar-refractivity contribution in [1.82, 2.24) is 4.57 Å². The van der Waals surface area contributed by atoms with Crippen molar-refractivity contribution in [3.05, 3.63) is 218 Å². The molecule has 10 rings (SSSR count). The van der Waals surface area contributed by atoms with Crippen molar-refractivity contribution in [3.63, 3.8) is 0 Å². The smallest absolute Gasteiger partial charge is 0.0541 e. The Kier molecular flexibility index (Phi) is 7.85. The number of rotatable bonds is 7. The summed E-state index contributed by atoms with van der Waals surface area (Å²) in [4.78, 5) is 2.39. The molecule has 0 atom stereocenters. The highest BCUT2D eigenvalue weighted by Gasteiger charge is 2.19. The van der Waals surface area contributed by atoms with Gasteiger partial charge in [-0.1, -0.05) is 170 Å². The molecule has 0 fully saturated rings. The Labute approximate surface area is 315 Å². The van der Waals surface area contributed by atoms with Crippen LogP contribution in [0.4, 0.5) is 17.1 Å². The fraction of sp³-hybridized carbons (Fsp3) is 0. The monoisotopic (exact) mass is 688 g/mol. The minimum Gasteiger partial charge on any atom is -0.310 e. The van der Waals surface area contributed by atoms with Gasteiger partial charge in [0.15, 0.2) is 0 Å². The zero-order valence-electron chi connectivity index (χ0n) is 29.7. The minimum atomic E-state index is 1.09. The van der Waals surface area contributed by atoms with Gasteiger partial charge in [-0.25, -0.2) is 0 Å². The van der Waals surface area contributed by atoms with Crippen LogP contribution >= 0.6 is 0 Å². The molecule has 10 aromatic rings. The molecule has 0 aliphatic carbocycles. The lowest BCUT2D eigenvalue weighted by atomic mass is 9.97. The van der Waals surface area contributed by atoms with E-state index in [1.54, 1.807) is 0 Å². The second-order valence-corrected chi connectivity index (χ2v) is 13.7. The Morgan fingerprint density at radius 1 is 0.296 bits per heavy atom. The van der Waals surface area contributed by atoms with Crippen LogP contribution in [0.3, 0.4) is 0 Å². The van der Waals surface area contributed by atoms with Gasteiger partial charge in [0, 0.05) is 33.3 Å². The van der Waals surface area contributed by atoms with Gasteiger partial charge in [0.25, 0.3) is 0 Å². The van der Waals surface area contributed by atoms with Crippen LogP contribution in [-0.2, 0) is 0 Å². The Hall–Kier alpha value is -7.16. The maximum Gasteiger partial charge on any atom is 0.0541 e. The van der Waals surface area contributed by atoms with Gasteiger partial charge in [-0.15, -0.1) is 0 Å². The van der Waals surface area contributed by atoms with Gasteiger partial charge >= 0.3 is 0 Å². The van der Waals surface area contributed by atoms with Crippen LogP contribution in [0.5, 0.6) is 0 Å². The molecule has 0 unspecified atom stereocenters. The van der Waals surface area contributed by atoms with E-state index < -0.39 is 0 Å². The molecule has 2 nitrogen and oxygen atoms in total. The molecule has 0 spiro atoms. The predicted molar refractivity (Wildman–Crippen MR) is 229 cm³/mol. The molecule has 0 aliphatic heterocycles. The fourth-order valence-electron chi connectivity index (χ4n) is 8.11. The predicted octanol–water partition coefficient (Wildman–Crippen LogP) is 14.4. The summed E-state index contributed by atoms with van der Waals surface area (Å²) in [7, 11) is 0. The summed E-state index contributed by atoms with van der Waals surface area (Å²) >= 11 is 0. The average molecular weight is 689 g/mol. The quantitative estimate of drug-likeness (QED) is 0.162. The molecule has 0 amide bonds. The number of anilines is 3. The van der Waals surface area contributed by atoms with Crippen molar-refractivity contribution in [2.75, 3.05) is 4.90 Å². The van der Waals surface area contributed by atoms with E-state index in [2.05, 4.69) is 228 Å². The molecular weight excluding hydrogens is 653 g/mol. The summed E-state index contributed by atoms with van der Waals surface area (Å²) in [5.74, 6) is 0. The highest BCUT2D eigenvalue weighted by molar-refractivity contribution is 6.09. The lowest BCUT2D eigenvalue weighted by molar-refractivity contribution is 1.18. The summed E-state index contributed by atoms with van der Waals surface area (Å²) < 4.78 is 2.41. The molecule has 0 saturated heterocycles. The van der Waals surface area contributed by atoms with E-state index in [0.717, 1.165) is 22.7 Å². The fourth-order valence-corrected chi connectivity index (χ4v) is 8.11. The molecule has 9 aromatic carbocycles. The highest BCUT2D eigenvalue weighted by atomic mass is 15.1. The number of hydrogen-bond donors (Lipinski definition) is 0. The molecule has 0 saturated carbocycles. The van der Waals surface area contributed by atoms with E-state index in [1.807, 2.05) is 0 Å². The largest absolute Gasteiger partial charge is 0.310 e. The van der Waals surface area contributed by atoms with Crippen molar-refractivity contribution in [2.24, 2.45) is 0 Å². The van der Waals surface area contributed by atoms with E-state index in [-0.39, 0.29) is 0 Å². The number of nitrogens with zero attached hydrogens (tertiary/aromatic N) is 2. The standard InChI is InChI=1S/C52H36N2/c1-2-15-38(16-3-1)45-20-6-10-25-49(45)53(41-33-29-39(30-34-41)44-24-14-18-37-17-4-5-19-43(37)44)42-35-31-40(32-36-42)46-21-7-11-26-50(46)54-51-27-12-8-22-47(51)48-23-9-13-28-52(48)54/h1-36H. The molecule has 0 radical (unpaired) electrons. The van der Waals surface area contributed by atoms with E-state index in [4.69, 9.17) is 0 Å². The van der Waals surface area contributed by atoms with Crippen LogP contribution in [0.2, 0.25) is 0 Å². The molecule has 1 heterocycles. The van der Waals surface area contributed by atoms with Gasteiger partial charge in [0.05, 0.1) is 22.4 Å². The van der Waals surface area contributed by atoms with E-state index in [1.165, 1.54) is 66.0 Å². The van der Waals surface area contributed by atoms with Crippen LogP contribution in [0.15, 0.2) is 218 Å². The molecule has 0 N–H and O–H groups in total. The van der Waals surface area contributed by atoms with E-state index >= 15 is 0 Å². The molecule has 2 heteroatoms. The summed E-state index contributed by atoms with van der Waals surface area (Å²) in [5.41, 5.74) is 14.0. The summed E-state index contributed by atoms with van der Waals surface area (Å²) in [6.07, 6.45) is 0.